The Bertz CT molecular complexity index is 1420. The third-order valence-electron chi connectivity index (χ3n) is 6.36. The number of phosphoric ester groups is 1. The van der Waals surface area contributed by atoms with Crippen molar-refractivity contribution in [3.8, 4) is 17.0 Å². The number of carbonyl (C=O) groups excluding carboxylic acids is 1. The van der Waals surface area contributed by atoms with E-state index in [1.54, 1.807) is 43.3 Å². The number of phosphoric acid groups is 1. The minimum atomic E-state index is -4.69. The Balaban J connectivity index is 1.46. The zero-order chi connectivity index (χ0) is 30.7. The summed E-state index contributed by atoms with van der Waals surface area (Å²) in [5.74, 6) is 0.514. The van der Waals surface area contributed by atoms with Crippen LogP contribution in [0.5, 0.6) is 5.75 Å². The zero-order valence-electron chi connectivity index (χ0n) is 23.7. The lowest BCUT2D eigenvalue weighted by molar-refractivity contribution is -0.115. The highest BCUT2D eigenvalue weighted by Crippen LogP contribution is 2.36. The highest BCUT2D eigenvalue weighted by atomic mass is 35.5. The molecule has 1 aliphatic rings. The van der Waals surface area contributed by atoms with Gasteiger partial charge in [-0.05, 0) is 36.8 Å². The Hall–Kier alpha value is -3.13. The Morgan fingerprint density at radius 3 is 2.74 bits per heavy atom. The van der Waals surface area contributed by atoms with Gasteiger partial charge in [0.05, 0.1) is 36.7 Å². The van der Waals surface area contributed by atoms with E-state index in [0.29, 0.717) is 52.0 Å². The molecule has 232 valence electrons. The van der Waals surface area contributed by atoms with E-state index in [1.807, 2.05) is 6.07 Å². The molecule has 4 N–H and O–H groups in total. The van der Waals surface area contributed by atoms with Crippen LogP contribution in [0.15, 0.2) is 48.7 Å². The summed E-state index contributed by atoms with van der Waals surface area (Å²) in [5.41, 5.74) is 3.04. The van der Waals surface area contributed by atoms with E-state index >= 15 is 0 Å². The molecule has 2 aromatic carbocycles. The Labute approximate surface area is 254 Å². The molecule has 1 aromatic heterocycles. The number of rotatable bonds is 15. The fourth-order valence-corrected chi connectivity index (χ4v) is 4.61. The second-order valence-corrected chi connectivity index (χ2v) is 11.2. The number of hydrogen-bond donors (Lipinski definition) is 4. The maximum atomic E-state index is 11.8. The fraction of sp³-hybridized carbons (Fsp3) is 0.393. The molecule has 1 aliphatic heterocycles. The normalized spacial score (nSPS) is 14.0. The summed E-state index contributed by atoms with van der Waals surface area (Å²) in [6, 6.07) is 12.3. The van der Waals surface area contributed by atoms with Crippen molar-refractivity contribution in [2.75, 3.05) is 56.9 Å². The smallest absolute Gasteiger partial charge is 0.467 e. The zero-order valence-corrected chi connectivity index (χ0v) is 25.4. The molecule has 3 aromatic rings. The standard InChI is InChI=1S/C28H35ClN5O8P/c1-2-26(35)31-22-6-3-5-20(15-22)27-24(29)17-30-28(33-27)32-23-7-8-25(41-19-42-43(36,37)38)21(16-23)18-40-12-4-9-34-10-13-39-14-11-34/h3,5-8,15-17H,2,4,9-14,18-19H2,1H3,(H,31,35)(H,30,32,33)(H2,36,37,38). The quantitative estimate of drug-likeness (QED) is 0.105. The van der Waals surface area contributed by atoms with Gasteiger partial charge in [-0.3, -0.25) is 9.69 Å². The second kappa shape index (κ2) is 16.1. The van der Waals surface area contributed by atoms with Crippen LogP contribution in [0.1, 0.15) is 25.3 Å². The molecule has 1 fully saturated rings. The first-order valence-corrected chi connectivity index (χ1v) is 15.6. The molecule has 0 unspecified atom stereocenters. The molecule has 0 atom stereocenters. The molecule has 43 heavy (non-hydrogen) atoms. The molecule has 15 heteroatoms. The fourth-order valence-electron chi connectivity index (χ4n) is 4.22. The van der Waals surface area contributed by atoms with Crippen LogP contribution in [0.3, 0.4) is 0 Å². The Morgan fingerprint density at radius 2 is 1.98 bits per heavy atom. The van der Waals surface area contributed by atoms with Crippen LogP contribution in [0, 0.1) is 0 Å². The van der Waals surface area contributed by atoms with Crippen LogP contribution < -0.4 is 15.4 Å². The van der Waals surface area contributed by atoms with Crippen molar-refractivity contribution >= 4 is 42.7 Å². The summed E-state index contributed by atoms with van der Waals surface area (Å²) in [5, 5.41) is 6.32. The predicted molar refractivity (Wildman–Crippen MR) is 161 cm³/mol. The SMILES string of the molecule is CCC(=O)Nc1cccc(-c2nc(Nc3ccc(OCOP(=O)(O)O)c(COCCCN4CCOCC4)c3)ncc2Cl)c1. The van der Waals surface area contributed by atoms with E-state index in [9.17, 15) is 9.36 Å². The summed E-state index contributed by atoms with van der Waals surface area (Å²) < 4.78 is 32.3. The van der Waals surface area contributed by atoms with Gasteiger partial charge in [-0.25, -0.2) is 19.1 Å². The number of amides is 1. The molecule has 1 amide bonds. The van der Waals surface area contributed by atoms with Crippen molar-refractivity contribution in [3.63, 3.8) is 0 Å². The molecule has 0 bridgehead atoms. The maximum Gasteiger partial charge on any atom is 0.472 e. The van der Waals surface area contributed by atoms with Gasteiger partial charge in [0, 0.05) is 55.2 Å². The van der Waals surface area contributed by atoms with Gasteiger partial charge in [0.2, 0.25) is 11.9 Å². The van der Waals surface area contributed by atoms with E-state index in [4.69, 9.17) is 35.6 Å². The number of hydrogen-bond acceptors (Lipinski definition) is 10. The lowest BCUT2D eigenvalue weighted by Gasteiger charge is -2.26. The lowest BCUT2D eigenvalue weighted by atomic mass is 10.1. The number of nitrogens with one attached hydrogen (secondary N) is 2. The van der Waals surface area contributed by atoms with Crippen molar-refractivity contribution in [1.29, 1.82) is 0 Å². The van der Waals surface area contributed by atoms with Crippen LogP contribution in [0.2, 0.25) is 5.02 Å². The Kier molecular flexibility index (Phi) is 12.3. The van der Waals surface area contributed by atoms with Gasteiger partial charge in [0.15, 0.2) is 6.79 Å². The largest absolute Gasteiger partial charge is 0.472 e. The van der Waals surface area contributed by atoms with Crippen LogP contribution in [0.4, 0.5) is 17.3 Å². The summed E-state index contributed by atoms with van der Waals surface area (Å²) in [6.07, 6.45) is 2.67. The van der Waals surface area contributed by atoms with Gasteiger partial charge in [-0.1, -0.05) is 30.7 Å². The van der Waals surface area contributed by atoms with Gasteiger partial charge >= 0.3 is 7.82 Å². The van der Waals surface area contributed by atoms with Gasteiger partial charge in [0.25, 0.3) is 0 Å². The molecular formula is C28H35ClN5O8P. The molecule has 0 saturated carbocycles. The van der Waals surface area contributed by atoms with E-state index in [1.165, 1.54) is 6.20 Å². The van der Waals surface area contributed by atoms with Crippen LogP contribution in [-0.2, 0) is 30.0 Å². The molecule has 0 radical (unpaired) electrons. The minimum Gasteiger partial charge on any atom is -0.467 e. The van der Waals surface area contributed by atoms with Crippen molar-refractivity contribution in [2.24, 2.45) is 0 Å². The number of anilines is 3. The highest BCUT2D eigenvalue weighted by molar-refractivity contribution is 7.46. The van der Waals surface area contributed by atoms with E-state index in [2.05, 4.69) is 30.0 Å². The van der Waals surface area contributed by atoms with Gasteiger partial charge in [-0.15, -0.1) is 0 Å². The topological polar surface area (TPSA) is 165 Å². The van der Waals surface area contributed by atoms with Crippen molar-refractivity contribution in [3.05, 3.63) is 59.2 Å². The number of halogens is 1. The van der Waals surface area contributed by atoms with Gasteiger partial charge < -0.3 is 34.6 Å². The van der Waals surface area contributed by atoms with E-state index in [-0.39, 0.29) is 18.5 Å². The average Bonchev–Trinajstić information content (AvgIpc) is 2.99. The first-order valence-electron chi connectivity index (χ1n) is 13.7. The number of ether oxygens (including phenoxy) is 3. The van der Waals surface area contributed by atoms with E-state index in [0.717, 1.165) is 39.3 Å². The lowest BCUT2D eigenvalue weighted by Crippen LogP contribution is -2.37. The summed E-state index contributed by atoms with van der Waals surface area (Å²) in [6.45, 7) is 6.01. The molecule has 13 nitrogen and oxygen atoms in total. The van der Waals surface area contributed by atoms with Crippen molar-refractivity contribution in [1.82, 2.24) is 14.9 Å². The average molecular weight is 636 g/mol. The highest BCUT2D eigenvalue weighted by Gasteiger charge is 2.16. The molecule has 4 rings (SSSR count). The minimum absolute atomic E-state index is 0.106. The van der Waals surface area contributed by atoms with Crippen LogP contribution in [-0.4, -0.2) is 76.8 Å². The number of nitrogens with zero attached hydrogens (tertiary/aromatic N) is 3. The monoisotopic (exact) mass is 635 g/mol. The second-order valence-electron chi connectivity index (χ2n) is 9.56. The van der Waals surface area contributed by atoms with Crippen molar-refractivity contribution < 1.29 is 37.9 Å². The third-order valence-corrected chi connectivity index (χ3v) is 7.08. The van der Waals surface area contributed by atoms with E-state index < -0.39 is 14.6 Å². The summed E-state index contributed by atoms with van der Waals surface area (Å²) in [4.78, 5) is 41.0. The maximum absolute atomic E-state index is 11.8. The first kappa shape index (κ1) is 32.8. The number of morpholine rings is 1. The third kappa shape index (κ3) is 10.8. The molecule has 0 aliphatic carbocycles. The van der Waals surface area contributed by atoms with Gasteiger partial charge in [-0.2, -0.15) is 0 Å². The molecule has 1 saturated heterocycles. The number of benzene rings is 2. The van der Waals surface area contributed by atoms with Crippen molar-refractivity contribution in [2.45, 2.75) is 26.4 Å². The number of carbonyl (C=O) groups is 1. The van der Waals surface area contributed by atoms with Gasteiger partial charge in [0.1, 0.15) is 5.75 Å². The predicted octanol–water partition coefficient (Wildman–Crippen LogP) is 4.57. The van der Waals surface area contributed by atoms with Crippen LogP contribution in [0.25, 0.3) is 11.3 Å². The van der Waals surface area contributed by atoms with Crippen LogP contribution >= 0.6 is 19.4 Å². The Morgan fingerprint density at radius 1 is 1.16 bits per heavy atom. The molecule has 2 heterocycles. The summed E-state index contributed by atoms with van der Waals surface area (Å²) in [7, 11) is -4.69. The molecule has 0 spiro atoms. The number of aromatic nitrogens is 2. The molecular weight excluding hydrogens is 601 g/mol. The first-order chi connectivity index (χ1) is 20.7. The summed E-state index contributed by atoms with van der Waals surface area (Å²) >= 11 is 6.43.